The molecule has 0 fully saturated rings. The quantitative estimate of drug-likeness (QED) is 0.232. The molecule has 0 aromatic heterocycles. The molecule has 5 aromatic carbocycles. The molecular weight excluding hydrogens is 505 g/mol. The number of phenolic OH excluding ortho intramolecular Hbond substituents is 2. The van der Waals surface area contributed by atoms with Crippen LogP contribution in [0, 0.1) is 0 Å². The van der Waals surface area contributed by atoms with Crippen LogP contribution in [0.5, 0.6) is 11.5 Å². The van der Waals surface area contributed by atoms with E-state index in [1.165, 1.54) is 6.21 Å². The molecule has 7 heteroatoms. The van der Waals surface area contributed by atoms with Gasteiger partial charge in [0.2, 0.25) is 0 Å². The summed E-state index contributed by atoms with van der Waals surface area (Å²) in [5.41, 5.74) is 2.24. The molecule has 0 aliphatic carbocycles. The first kappa shape index (κ1) is 25.8. The van der Waals surface area contributed by atoms with Crippen LogP contribution >= 0.6 is 0 Å². The second-order valence-corrected chi connectivity index (χ2v) is 8.41. The third-order valence-electron chi connectivity index (χ3n) is 6.16. The van der Waals surface area contributed by atoms with E-state index < -0.39 is 12.0 Å². The Morgan fingerprint density at radius 2 is 1.38 bits per heavy atom. The van der Waals surface area contributed by atoms with Gasteiger partial charge in [-0.25, -0.2) is 4.79 Å². The van der Waals surface area contributed by atoms with Crippen molar-refractivity contribution in [2.45, 2.75) is 12.5 Å². The molecule has 5 aromatic rings. The van der Waals surface area contributed by atoms with Gasteiger partial charge in [0.25, 0.3) is 0 Å². The van der Waals surface area contributed by atoms with Crippen LogP contribution in [0.1, 0.15) is 11.1 Å². The van der Waals surface area contributed by atoms with E-state index in [1.807, 2.05) is 84.9 Å². The Morgan fingerprint density at radius 1 is 0.784 bits per heavy atom. The third kappa shape index (κ3) is 5.46. The number of benzene rings is 5. The molecule has 183 valence electrons. The molecule has 0 aliphatic heterocycles. The molecular formula is C30H23NO5V. The van der Waals surface area contributed by atoms with Crippen LogP contribution in [0.25, 0.3) is 32.7 Å². The summed E-state index contributed by atoms with van der Waals surface area (Å²) in [5.74, 6) is -1.06. The molecule has 0 heterocycles. The molecule has 6 nitrogen and oxygen atoms in total. The average molecular weight is 528 g/mol. The van der Waals surface area contributed by atoms with Crippen LogP contribution in [-0.4, -0.2) is 33.5 Å². The van der Waals surface area contributed by atoms with E-state index in [1.54, 1.807) is 12.1 Å². The number of rotatable bonds is 6. The monoisotopic (exact) mass is 528 g/mol. The van der Waals surface area contributed by atoms with Gasteiger partial charge in [0, 0.05) is 29.3 Å². The SMILES string of the molecule is O=C(O)[C@@H](Cc1ccccc1)N=Cc1cc2ccccc2c(-c2c(O)ccc3ccccc23)c1O.[O]=[V]. The van der Waals surface area contributed by atoms with Crippen molar-refractivity contribution in [1.29, 1.82) is 0 Å². The minimum absolute atomic E-state index is 0.0470. The van der Waals surface area contributed by atoms with Crippen LogP contribution in [0.15, 0.2) is 102 Å². The van der Waals surface area contributed by atoms with Gasteiger partial charge in [-0.3, -0.25) is 4.99 Å². The zero-order valence-corrected chi connectivity index (χ0v) is 21.0. The van der Waals surface area contributed by atoms with Crippen molar-refractivity contribution in [1.82, 2.24) is 0 Å². The van der Waals surface area contributed by atoms with Gasteiger partial charge in [0.15, 0.2) is 6.04 Å². The molecule has 3 N–H and O–H groups in total. The van der Waals surface area contributed by atoms with E-state index >= 15 is 0 Å². The van der Waals surface area contributed by atoms with Crippen molar-refractivity contribution in [3.05, 3.63) is 108 Å². The fourth-order valence-electron chi connectivity index (χ4n) is 4.44. The van der Waals surface area contributed by atoms with Gasteiger partial charge in [-0.1, -0.05) is 84.9 Å². The fraction of sp³-hybridized carbons (Fsp3) is 0.0667. The Bertz CT molecular complexity index is 1600. The molecule has 0 unspecified atom stereocenters. The molecule has 37 heavy (non-hydrogen) atoms. The van der Waals surface area contributed by atoms with E-state index in [4.69, 9.17) is 3.67 Å². The Hall–Kier alpha value is -4.26. The molecule has 0 bridgehead atoms. The number of aliphatic carboxylic acids is 1. The molecule has 0 radical (unpaired) electrons. The van der Waals surface area contributed by atoms with Crippen molar-refractivity contribution in [2.75, 3.05) is 0 Å². The molecule has 0 spiro atoms. The molecule has 1 atom stereocenters. The predicted molar refractivity (Wildman–Crippen MR) is 140 cm³/mol. The van der Waals surface area contributed by atoms with Crippen molar-refractivity contribution >= 4 is 33.7 Å². The number of aliphatic imine (C=N–C) groups is 1. The van der Waals surface area contributed by atoms with E-state index in [-0.39, 0.29) is 17.9 Å². The van der Waals surface area contributed by atoms with Gasteiger partial charge in [0.1, 0.15) is 11.5 Å². The van der Waals surface area contributed by atoms with Gasteiger partial charge in [-0.05, 0) is 39.2 Å². The Morgan fingerprint density at radius 3 is 2.05 bits per heavy atom. The first-order valence-electron chi connectivity index (χ1n) is 11.5. The predicted octanol–water partition coefficient (Wildman–Crippen LogP) is 6.06. The van der Waals surface area contributed by atoms with E-state index in [0.717, 1.165) is 44.5 Å². The summed E-state index contributed by atoms with van der Waals surface area (Å²) in [5, 5.41) is 35.4. The molecule has 0 aliphatic rings. The van der Waals surface area contributed by atoms with Crippen LogP contribution in [0.2, 0.25) is 0 Å². The second-order valence-electron chi connectivity index (χ2n) is 8.41. The summed E-state index contributed by atoms with van der Waals surface area (Å²) in [4.78, 5) is 16.2. The number of carboxylic acids is 1. The third-order valence-corrected chi connectivity index (χ3v) is 6.16. The number of carbonyl (C=O) groups is 1. The average Bonchev–Trinajstić information content (AvgIpc) is 2.93. The first-order valence-corrected chi connectivity index (χ1v) is 12.0. The van der Waals surface area contributed by atoms with Crippen molar-refractivity contribution in [3.63, 3.8) is 0 Å². The van der Waals surface area contributed by atoms with E-state index in [9.17, 15) is 20.1 Å². The van der Waals surface area contributed by atoms with Gasteiger partial charge in [-0.15, -0.1) is 0 Å². The van der Waals surface area contributed by atoms with Gasteiger partial charge in [0.05, 0.1) is 0 Å². The topological polar surface area (TPSA) is 107 Å². The number of carboxylic acid groups (broad SMARTS) is 1. The molecule has 0 saturated carbocycles. The summed E-state index contributed by atoms with van der Waals surface area (Å²) < 4.78 is 8.19. The standard InChI is InChI=1S/C30H23NO4.O.V/c32-26-15-14-20-10-4-6-12-23(20)27(26)28-24-13-7-5-11-21(24)17-22(29(28)33)18-31-25(30(34)35)16-19-8-2-1-3-9-19;;/h1-15,17-18,25,32-33H,16H2,(H,34,35);;/t25-;;/m1../s1. The Kier molecular flexibility index (Phi) is 8.13. The summed E-state index contributed by atoms with van der Waals surface area (Å²) in [6.07, 6.45) is 1.65. The second kappa shape index (κ2) is 11.7. The number of hydrogen-bond donors (Lipinski definition) is 3. The van der Waals surface area contributed by atoms with Crippen LogP contribution in [0.4, 0.5) is 0 Å². The van der Waals surface area contributed by atoms with Crippen molar-refractivity contribution < 1.29 is 41.2 Å². The number of hydrogen-bond acceptors (Lipinski definition) is 5. The summed E-state index contributed by atoms with van der Waals surface area (Å²) in [6.45, 7) is 0. The summed E-state index contributed by atoms with van der Waals surface area (Å²) >= 11 is 1.06. The minimum atomic E-state index is -1.04. The van der Waals surface area contributed by atoms with Gasteiger partial charge in [-0.2, -0.15) is 0 Å². The Labute approximate surface area is 222 Å². The Balaban J connectivity index is 0.00000156. The maximum absolute atomic E-state index is 11.9. The number of fused-ring (bicyclic) bond motifs is 2. The van der Waals surface area contributed by atoms with Crippen molar-refractivity contribution in [2.24, 2.45) is 4.99 Å². The normalized spacial score (nSPS) is 11.8. The molecule has 0 amide bonds. The number of aromatic hydroxyl groups is 2. The van der Waals surface area contributed by atoms with Crippen LogP contribution in [0.3, 0.4) is 0 Å². The first-order chi connectivity index (χ1) is 18.0. The van der Waals surface area contributed by atoms with Gasteiger partial charge >= 0.3 is 27.0 Å². The van der Waals surface area contributed by atoms with Gasteiger partial charge < -0.3 is 15.3 Å². The zero-order chi connectivity index (χ0) is 26.4. The summed E-state index contributed by atoms with van der Waals surface area (Å²) in [7, 11) is 0. The van der Waals surface area contributed by atoms with Crippen LogP contribution in [-0.2, 0) is 32.3 Å². The van der Waals surface area contributed by atoms with E-state index in [0.29, 0.717) is 16.7 Å². The maximum atomic E-state index is 11.9. The van der Waals surface area contributed by atoms with Crippen molar-refractivity contribution in [3.8, 4) is 22.6 Å². The number of phenols is 2. The molecule has 5 rings (SSSR count). The fourth-order valence-corrected chi connectivity index (χ4v) is 4.44. The molecule has 0 saturated heterocycles. The van der Waals surface area contributed by atoms with E-state index in [2.05, 4.69) is 4.99 Å². The number of nitrogens with zero attached hydrogens (tertiary/aromatic N) is 1. The van der Waals surface area contributed by atoms with Crippen LogP contribution < -0.4 is 0 Å². The zero-order valence-electron chi connectivity index (χ0n) is 19.7. The summed E-state index contributed by atoms with van der Waals surface area (Å²) in [6, 6.07) is 28.8.